The lowest BCUT2D eigenvalue weighted by Crippen LogP contribution is -2.41. The molecule has 0 heterocycles. The molecule has 24 heavy (non-hydrogen) atoms. The minimum atomic E-state index is -0.931. The zero-order chi connectivity index (χ0) is 17.4. The lowest BCUT2D eigenvalue weighted by Gasteiger charge is -2.23. The fourth-order valence-electron chi connectivity index (χ4n) is 2.47. The molecule has 0 radical (unpaired) electrons. The molecule has 4 heteroatoms. The second kappa shape index (κ2) is 8.50. The first-order valence-corrected chi connectivity index (χ1v) is 8.14. The zero-order valence-corrected chi connectivity index (χ0v) is 14.3. The highest BCUT2D eigenvalue weighted by atomic mass is 16.5. The highest BCUT2D eigenvalue weighted by Gasteiger charge is 2.21. The molecule has 0 aliphatic carbocycles. The lowest BCUT2D eigenvalue weighted by atomic mass is 9.96. The van der Waals surface area contributed by atoms with Crippen molar-refractivity contribution in [1.82, 2.24) is 5.32 Å². The van der Waals surface area contributed by atoms with Crippen molar-refractivity contribution < 1.29 is 14.6 Å². The van der Waals surface area contributed by atoms with Gasteiger partial charge in [0.25, 0.3) is 0 Å². The summed E-state index contributed by atoms with van der Waals surface area (Å²) in [6, 6.07) is 17.4. The van der Waals surface area contributed by atoms with Crippen molar-refractivity contribution in [1.29, 1.82) is 0 Å². The monoisotopic (exact) mass is 327 g/mol. The van der Waals surface area contributed by atoms with Gasteiger partial charge in [-0.15, -0.1) is 0 Å². The van der Waals surface area contributed by atoms with E-state index >= 15 is 0 Å². The number of methoxy groups -OCH3 is 1. The summed E-state index contributed by atoms with van der Waals surface area (Å²) in [7, 11) is 1.60. The van der Waals surface area contributed by atoms with E-state index in [0.717, 1.165) is 17.7 Å². The van der Waals surface area contributed by atoms with Crippen LogP contribution in [0.15, 0.2) is 54.6 Å². The predicted octanol–water partition coefficient (Wildman–Crippen LogP) is 2.74. The van der Waals surface area contributed by atoms with Crippen molar-refractivity contribution in [3.63, 3.8) is 0 Å². The summed E-state index contributed by atoms with van der Waals surface area (Å²) in [5.41, 5.74) is 1.14. The van der Waals surface area contributed by atoms with Crippen molar-refractivity contribution in [3.05, 3.63) is 65.7 Å². The molecular weight excluding hydrogens is 302 g/mol. The topological polar surface area (TPSA) is 58.6 Å². The fourth-order valence-corrected chi connectivity index (χ4v) is 2.47. The van der Waals surface area contributed by atoms with Crippen LogP contribution in [0.3, 0.4) is 0 Å². The molecule has 4 nitrogen and oxygen atoms in total. The van der Waals surface area contributed by atoms with E-state index in [-0.39, 0.29) is 18.9 Å². The molecule has 0 saturated heterocycles. The molecule has 0 saturated carbocycles. The number of aliphatic hydroxyl groups is 1. The van der Waals surface area contributed by atoms with Gasteiger partial charge in [-0.2, -0.15) is 0 Å². The summed E-state index contributed by atoms with van der Waals surface area (Å²) in [6.07, 6.45) is 1.64. The first kappa shape index (κ1) is 18.0. The molecule has 2 aromatic carbocycles. The van der Waals surface area contributed by atoms with Crippen LogP contribution in [-0.4, -0.2) is 30.3 Å². The first-order valence-electron chi connectivity index (χ1n) is 8.14. The van der Waals surface area contributed by atoms with E-state index in [1.54, 1.807) is 14.0 Å². The number of aryl methyl sites for hydroxylation is 1. The lowest BCUT2D eigenvalue weighted by molar-refractivity contribution is -0.121. The molecule has 0 aromatic heterocycles. The van der Waals surface area contributed by atoms with E-state index in [1.165, 1.54) is 5.56 Å². The van der Waals surface area contributed by atoms with Crippen LogP contribution in [0.1, 0.15) is 24.5 Å². The van der Waals surface area contributed by atoms with Crippen LogP contribution in [0.5, 0.6) is 5.75 Å². The normalized spacial score (nSPS) is 13.1. The minimum Gasteiger partial charge on any atom is -0.497 e. The van der Waals surface area contributed by atoms with E-state index in [0.29, 0.717) is 6.42 Å². The molecule has 2 N–H and O–H groups in total. The van der Waals surface area contributed by atoms with Gasteiger partial charge in [0.15, 0.2) is 0 Å². The van der Waals surface area contributed by atoms with Gasteiger partial charge >= 0.3 is 0 Å². The van der Waals surface area contributed by atoms with Gasteiger partial charge < -0.3 is 15.2 Å². The Morgan fingerprint density at radius 3 is 2.54 bits per heavy atom. The quantitative estimate of drug-likeness (QED) is 0.784. The van der Waals surface area contributed by atoms with Crippen LogP contribution in [0.4, 0.5) is 0 Å². The number of nitrogens with one attached hydrogen (secondary N) is 1. The van der Waals surface area contributed by atoms with Crippen LogP contribution < -0.4 is 10.1 Å². The maximum atomic E-state index is 12.1. The van der Waals surface area contributed by atoms with Gasteiger partial charge in [-0.1, -0.05) is 42.5 Å². The first-order chi connectivity index (χ1) is 11.5. The SMILES string of the molecule is COc1cccc(CC(=O)NC[C@@](C)(O)CCc2ccccc2)c1. The second-order valence-corrected chi connectivity index (χ2v) is 6.29. The molecule has 1 atom stereocenters. The number of amides is 1. The number of hydrogen-bond acceptors (Lipinski definition) is 3. The zero-order valence-electron chi connectivity index (χ0n) is 14.3. The molecular formula is C20H25NO3. The number of hydrogen-bond donors (Lipinski definition) is 2. The third kappa shape index (κ3) is 6.05. The molecule has 0 bridgehead atoms. The number of ether oxygens (including phenoxy) is 1. The van der Waals surface area contributed by atoms with Gasteiger partial charge in [0.05, 0.1) is 19.1 Å². The molecule has 0 fully saturated rings. The molecule has 0 unspecified atom stereocenters. The molecule has 128 valence electrons. The third-order valence-corrected chi connectivity index (χ3v) is 3.96. The summed E-state index contributed by atoms with van der Waals surface area (Å²) >= 11 is 0. The Balaban J connectivity index is 1.79. The van der Waals surface area contributed by atoms with Crippen molar-refractivity contribution in [3.8, 4) is 5.75 Å². The summed E-state index contributed by atoms with van der Waals surface area (Å²) in [5, 5.41) is 13.3. The molecule has 0 aliphatic rings. The van der Waals surface area contributed by atoms with E-state index < -0.39 is 5.60 Å². The Hall–Kier alpha value is -2.33. The maximum Gasteiger partial charge on any atom is 0.224 e. The van der Waals surface area contributed by atoms with Crippen LogP contribution in [0, 0.1) is 0 Å². The third-order valence-electron chi connectivity index (χ3n) is 3.96. The van der Waals surface area contributed by atoms with Gasteiger partial charge in [0.2, 0.25) is 5.91 Å². The van der Waals surface area contributed by atoms with E-state index in [1.807, 2.05) is 54.6 Å². The van der Waals surface area contributed by atoms with Gasteiger partial charge in [0, 0.05) is 6.54 Å². The standard InChI is InChI=1S/C20H25NO3/c1-20(23,12-11-16-7-4-3-5-8-16)15-21-19(22)14-17-9-6-10-18(13-17)24-2/h3-10,13,23H,11-12,14-15H2,1-2H3,(H,21,22)/t20-/m0/s1. The average Bonchev–Trinajstić information content (AvgIpc) is 2.60. The summed E-state index contributed by atoms with van der Waals surface area (Å²) in [4.78, 5) is 12.1. The number of rotatable bonds is 8. The Morgan fingerprint density at radius 1 is 1.12 bits per heavy atom. The number of carbonyl (C=O) groups is 1. The maximum absolute atomic E-state index is 12.1. The Labute approximate surface area is 143 Å². The second-order valence-electron chi connectivity index (χ2n) is 6.29. The van der Waals surface area contributed by atoms with Crippen LogP contribution >= 0.6 is 0 Å². The van der Waals surface area contributed by atoms with Crippen molar-refractivity contribution >= 4 is 5.91 Å². The van der Waals surface area contributed by atoms with Crippen molar-refractivity contribution in [2.45, 2.75) is 31.8 Å². The van der Waals surface area contributed by atoms with Crippen LogP contribution in [0.2, 0.25) is 0 Å². The molecule has 2 rings (SSSR count). The molecule has 0 aliphatic heterocycles. The highest BCUT2D eigenvalue weighted by molar-refractivity contribution is 5.78. The largest absolute Gasteiger partial charge is 0.497 e. The Kier molecular flexibility index (Phi) is 6.38. The average molecular weight is 327 g/mol. The number of benzene rings is 2. The summed E-state index contributed by atoms with van der Waals surface area (Å²) in [5.74, 6) is 0.624. The van der Waals surface area contributed by atoms with Gasteiger partial charge in [-0.25, -0.2) is 0 Å². The van der Waals surface area contributed by atoms with E-state index in [2.05, 4.69) is 5.32 Å². The summed E-state index contributed by atoms with van der Waals surface area (Å²) in [6.45, 7) is 1.99. The summed E-state index contributed by atoms with van der Waals surface area (Å²) < 4.78 is 5.15. The van der Waals surface area contributed by atoms with E-state index in [4.69, 9.17) is 4.74 Å². The Bertz CT molecular complexity index is 653. The molecule has 2 aromatic rings. The predicted molar refractivity (Wildman–Crippen MR) is 95.1 cm³/mol. The van der Waals surface area contributed by atoms with Gasteiger partial charge in [0.1, 0.15) is 5.75 Å². The van der Waals surface area contributed by atoms with Crippen molar-refractivity contribution in [2.24, 2.45) is 0 Å². The van der Waals surface area contributed by atoms with E-state index in [9.17, 15) is 9.90 Å². The fraction of sp³-hybridized carbons (Fsp3) is 0.350. The van der Waals surface area contributed by atoms with Crippen LogP contribution in [0.25, 0.3) is 0 Å². The highest BCUT2D eigenvalue weighted by Crippen LogP contribution is 2.15. The van der Waals surface area contributed by atoms with Gasteiger partial charge in [-0.05, 0) is 43.0 Å². The molecule has 0 spiro atoms. The smallest absolute Gasteiger partial charge is 0.224 e. The van der Waals surface area contributed by atoms with Crippen LogP contribution in [-0.2, 0) is 17.6 Å². The van der Waals surface area contributed by atoms with Gasteiger partial charge in [-0.3, -0.25) is 4.79 Å². The number of carbonyl (C=O) groups excluding carboxylic acids is 1. The molecule has 1 amide bonds. The Morgan fingerprint density at radius 2 is 1.83 bits per heavy atom. The van der Waals surface area contributed by atoms with Crippen molar-refractivity contribution in [2.75, 3.05) is 13.7 Å². The minimum absolute atomic E-state index is 0.108.